The van der Waals surface area contributed by atoms with Crippen molar-refractivity contribution in [1.82, 2.24) is 5.32 Å². The van der Waals surface area contributed by atoms with Crippen LogP contribution >= 0.6 is 0 Å². The maximum Gasteiger partial charge on any atom is 0.319 e. The van der Waals surface area contributed by atoms with Crippen LogP contribution in [0.15, 0.2) is 0 Å². The van der Waals surface area contributed by atoms with Gasteiger partial charge in [-0.25, -0.2) is 0 Å². The van der Waals surface area contributed by atoms with Gasteiger partial charge in [-0.05, 0) is 32.6 Å². The molecule has 0 heterocycles. The van der Waals surface area contributed by atoms with Crippen molar-refractivity contribution in [2.45, 2.75) is 69.9 Å². The van der Waals surface area contributed by atoms with Gasteiger partial charge in [0.2, 0.25) is 5.91 Å². The molecule has 2 aliphatic carbocycles. The third-order valence-corrected chi connectivity index (χ3v) is 4.35. The molecule has 1 unspecified atom stereocenters. The molecule has 0 radical (unpaired) electrons. The van der Waals surface area contributed by atoms with Gasteiger partial charge in [-0.15, -0.1) is 0 Å². The molecule has 5 nitrogen and oxygen atoms in total. The zero-order valence-corrected chi connectivity index (χ0v) is 11.4. The Bertz CT molecular complexity index is 372. The standard InChI is InChI=1S/C14H23NO4/c1-13(12(17)18,11(16)15-10-5-6-10)9-14(19)7-3-2-4-8-14/h10,19H,2-9H2,1H3,(H,15,16)(H,17,18). The van der Waals surface area contributed by atoms with Gasteiger partial charge < -0.3 is 15.5 Å². The van der Waals surface area contributed by atoms with Gasteiger partial charge in [0.25, 0.3) is 0 Å². The van der Waals surface area contributed by atoms with E-state index in [9.17, 15) is 19.8 Å². The lowest BCUT2D eigenvalue weighted by atomic mass is 9.72. The molecule has 1 amide bonds. The van der Waals surface area contributed by atoms with Crippen LogP contribution in [0.4, 0.5) is 0 Å². The van der Waals surface area contributed by atoms with Crippen LogP contribution in [-0.2, 0) is 9.59 Å². The minimum atomic E-state index is -1.53. The Balaban J connectivity index is 2.08. The van der Waals surface area contributed by atoms with Gasteiger partial charge >= 0.3 is 5.97 Å². The molecule has 2 fully saturated rings. The minimum Gasteiger partial charge on any atom is -0.480 e. The Morgan fingerprint density at radius 1 is 1.26 bits per heavy atom. The summed E-state index contributed by atoms with van der Waals surface area (Å²) in [6.07, 6.45) is 5.90. The van der Waals surface area contributed by atoms with Crippen molar-refractivity contribution >= 4 is 11.9 Å². The molecule has 2 aliphatic rings. The summed E-state index contributed by atoms with van der Waals surface area (Å²) in [6, 6.07) is 0.132. The van der Waals surface area contributed by atoms with Crippen molar-refractivity contribution in [2.24, 2.45) is 5.41 Å². The molecule has 0 aromatic heterocycles. The molecule has 0 aromatic carbocycles. The lowest BCUT2D eigenvalue weighted by Crippen LogP contribution is -2.50. The quantitative estimate of drug-likeness (QED) is 0.659. The SMILES string of the molecule is CC(CC1(O)CCCCC1)(C(=O)O)C(=O)NC1CC1. The fraction of sp³-hybridized carbons (Fsp3) is 0.857. The molecule has 5 heteroatoms. The van der Waals surface area contributed by atoms with E-state index >= 15 is 0 Å². The predicted octanol–water partition coefficient (Wildman–Crippen LogP) is 1.44. The van der Waals surface area contributed by atoms with Crippen molar-refractivity contribution in [3.8, 4) is 0 Å². The molecule has 3 N–H and O–H groups in total. The molecular weight excluding hydrogens is 246 g/mol. The number of carboxylic acids is 1. The van der Waals surface area contributed by atoms with Gasteiger partial charge in [-0.2, -0.15) is 0 Å². The molecular formula is C14H23NO4. The second kappa shape index (κ2) is 5.12. The zero-order valence-electron chi connectivity index (χ0n) is 11.4. The summed E-state index contributed by atoms with van der Waals surface area (Å²) < 4.78 is 0. The predicted molar refractivity (Wildman–Crippen MR) is 69.6 cm³/mol. The molecule has 0 spiro atoms. The summed E-state index contributed by atoms with van der Waals surface area (Å²) in [7, 11) is 0. The van der Waals surface area contributed by atoms with Crippen LogP contribution in [-0.4, -0.2) is 33.7 Å². The number of aliphatic hydroxyl groups is 1. The van der Waals surface area contributed by atoms with Crippen LogP contribution in [0.25, 0.3) is 0 Å². The fourth-order valence-electron chi connectivity index (χ4n) is 2.87. The van der Waals surface area contributed by atoms with Crippen molar-refractivity contribution < 1.29 is 19.8 Å². The fourth-order valence-corrected chi connectivity index (χ4v) is 2.87. The minimum absolute atomic E-state index is 0.00782. The first-order valence-corrected chi connectivity index (χ1v) is 7.12. The zero-order chi connectivity index (χ0) is 14.1. The van der Waals surface area contributed by atoms with E-state index in [1.54, 1.807) is 0 Å². The van der Waals surface area contributed by atoms with E-state index in [0.29, 0.717) is 12.8 Å². The number of amides is 1. The van der Waals surface area contributed by atoms with Crippen LogP contribution in [0.3, 0.4) is 0 Å². The summed E-state index contributed by atoms with van der Waals surface area (Å²) in [6.45, 7) is 1.43. The summed E-state index contributed by atoms with van der Waals surface area (Å²) in [5.74, 6) is -1.61. The molecule has 0 saturated heterocycles. The lowest BCUT2D eigenvalue weighted by molar-refractivity contribution is -0.160. The van der Waals surface area contributed by atoms with Crippen LogP contribution in [0, 0.1) is 5.41 Å². The van der Waals surface area contributed by atoms with Gasteiger partial charge in [0.05, 0.1) is 5.60 Å². The second-order valence-electron chi connectivity index (χ2n) is 6.35. The van der Waals surface area contributed by atoms with E-state index in [1.165, 1.54) is 6.92 Å². The summed E-state index contributed by atoms with van der Waals surface area (Å²) in [5, 5.41) is 22.7. The summed E-state index contributed by atoms with van der Waals surface area (Å²) in [5.41, 5.74) is -2.54. The summed E-state index contributed by atoms with van der Waals surface area (Å²) >= 11 is 0. The van der Waals surface area contributed by atoms with Crippen LogP contribution in [0.5, 0.6) is 0 Å². The summed E-state index contributed by atoms with van der Waals surface area (Å²) in [4.78, 5) is 23.7. The topological polar surface area (TPSA) is 86.6 Å². The molecule has 0 bridgehead atoms. The Hall–Kier alpha value is -1.10. The highest BCUT2D eigenvalue weighted by molar-refractivity contribution is 6.01. The van der Waals surface area contributed by atoms with Crippen LogP contribution in [0.2, 0.25) is 0 Å². The Morgan fingerprint density at radius 2 is 1.84 bits per heavy atom. The van der Waals surface area contributed by atoms with E-state index in [-0.39, 0.29) is 12.5 Å². The van der Waals surface area contributed by atoms with Gasteiger partial charge in [0.15, 0.2) is 0 Å². The van der Waals surface area contributed by atoms with Gasteiger partial charge in [0, 0.05) is 12.5 Å². The number of aliphatic carboxylic acids is 1. The van der Waals surface area contributed by atoms with E-state index in [4.69, 9.17) is 0 Å². The van der Waals surface area contributed by atoms with E-state index in [2.05, 4.69) is 5.32 Å². The van der Waals surface area contributed by atoms with Crippen LogP contribution < -0.4 is 5.32 Å². The van der Waals surface area contributed by atoms with Crippen LogP contribution in [0.1, 0.15) is 58.3 Å². The maximum absolute atomic E-state index is 12.2. The smallest absolute Gasteiger partial charge is 0.319 e. The third kappa shape index (κ3) is 3.26. The number of carboxylic acid groups (broad SMARTS) is 1. The van der Waals surface area contributed by atoms with Crippen molar-refractivity contribution in [3.05, 3.63) is 0 Å². The molecule has 2 saturated carbocycles. The monoisotopic (exact) mass is 269 g/mol. The highest BCUT2D eigenvalue weighted by Gasteiger charge is 2.49. The van der Waals surface area contributed by atoms with E-state index in [0.717, 1.165) is 32.1 Å². The Morgan fingerprint density at radius 3 is 2.32 bits per heavy atom. The average molecular weight is 269 g/mol. The lowest BCUT2D eigenvalue weighted by Gasteiger charge is -2.37. The van der Waals surface area contributed by atoms with Gasteiger partial charge in [-0.1, -0.05) is 19.3 Å². The number of nitrogens with one attached hydrogen (secondary N) is 1. The molecule has 0 aliphatic heterocycles. The van der Waals surface area contributed by atoms with Gasteiger partial charge in [0.1, 0.15) is 5.41 Å². The first-order valence-electron chi connectivity index (χ1n) is 7.12. The van der Waals surface area contributed by atoms with Gasteiger partial charge in [-0.3, -0.25) is 9.59 Å². The normalized spacial score (nSPS) is 25.4. The van der Waals surface area contributed by atoms with Crippen molar-refractivity contribution in [1.29, 1.82) is 0 Å². The molecule has 0 aromatic rings. The molecule has 1 atom stereocenters. The number of hydrogen-bond acceptors (Lipinski definition) is 3. The molecule has 2 rings (SSSR count). The average Bonchev–Trinajstić information content (AvgIpc) is 3.12. The number of hydrogen-bond donors (Lipinski definition) is 3. The molecule has 108 valence electrons. The third-order valence-electron chi connectivity index (χ3n) is 4.35. The maximum atomic E-state index is 12.2. The molecule has 19 heavy (non-hydrogen) atoms. The van der Waals surface area contributed by atoms with E-state index < -0.39 is 22.9 Å². The largest absolute Gasteiger partial charge is 0.480 e. The first kappa shape index (κ1) is 14.3. The van der Waals surface area contributed by atoms with Crippen molar-refractivity contribution in [2.75, 3.05) is 0 Å². The van der Waals surface area contributed by atoms with E-state index in [1.807, 2.05) is 0 Å². The number of carbonyl (C=O) groups excluding carboxylic acids is 1. The first-order chi connectivity index (χ1) is 8.86. The Labute approximate surface area is 113 Å². The Kier molecular flexibility index (Phi) is 3.85. The highest BCUT2D eigenvalue weighted by atomic mass is 16.4. The van der Waals surface area contributed by atoms with Crippen molar-refractivity contribution in [3.63, 3.8) is 0 Å². The highest BCUT2D eigenvalue weighted by Crippen LogP contribution is 2.39. The number of carbonyl (C=O) groups is 2. The second-order valence-corrected chi connectivity index (χ2v) is 6.35. The number of rotatable bonds is 5.